The maximum absolute atomic E-state index is 13.4. The number of hydrogen-bond acceptors (Lipinski definition) is 6. The molecule has 9 nitrogen and oxygen atoms in total. The van der Waals surface area contributed by atoms with Crippen molar-refractivity contribution in [1.82, 2.24) is 15.5 Å². The highest BCUT2D eigenvalue weighted by atomic mass is 16.6. The lowest BCUT2D eigenvalue weighted by molar-refractivity contribution is -0.142. The van der Waals surface area contributed by atoms with Crippen molar-refractivity contribution in [3.8, 4) is 5.75 Å². The number of benzene rings is 1. The molecule has 0 aliphatic carbocycles. The molecular formula is C25H39N3O6. The zero-order valence-electron chi connectivity index (χ0n) is 20.9. The lowest BCUT2D eigenvalue weighted by atomic mass is 9.99. The zero-order chi connectivity index (χ0) is 25.9. The van der Waals surface area contributed by atoms with Crippen molar-refractivity contribution in [1.29, 1.82) is 0 Å². The van der Waals surface area contributed by atoms with Crippen LogP contribution in [0, 0.1) is 6.92 Å². The molecule has 0 saturated heterocycles. The van der Waals surface area contributed by atoms with Gasteiger partial charge in [0.25, 0.3) is 0 Å². The molecule has 0 spiro atoms. The molecule has 4 N–H and O–H groups in total. The Morgan fingerprint density at radius 2 is 1.91 bits per heavy atom. The minimum absolute atomic E-state index is 0.0637. The third-order valence-corrected chi connectivity index (χ3v) is 4.98. The lowest BCUT2D eigenvalue weighted by Gasteiger charge is -2.33. The van der Waals surface area contributed by atoms with Crippen LogP contribution in [-0.4, -0.2) is 64.4 Å². The van der Waals surface area contributed by atoms with Crippen molar-refractivity contribution >= 4 is 17.9 Å². The summed E-state index contributed by atoms with van der Waals surface area (Å²) in [5, 5.41) is 25.8. The van der Waals surface area contributed by atoms with Gasteiger partial charge in [0, 0.05) is 18.7 Å². The predicted molar refractivity (Wildman–Crippen MR) is 130 cm³/mol. The highest BCUT2D eigenvalue weighted by Crippen LogP contribution is 2.32. The summed E-state index contributed by atoms with van der Waals surface area (Å²) in [6.45, 7) is 12.1. The van der Waals surface area contributed by atoms with E-state index < -0.39 is 42.2 Å². The van der Waals surface area contributed by atoms with Gasteiger partial charge in [0.05, 0.1) is 6.61 Å². The fourth-order valence-electron chi connectivity index (χ4n) is 3.33. The number of phenols is 1. The Morgan fingerprint density at radius 1 is 1.24 bits per heavy atom. The Balaban J connectivity index is 3.34. The minimum Gasteiger partial charge on any atom is -0.507 e. The Hall–Kier alpha value is -3.07. The topological polar surface area (TPSA) is 128 Å². The molecule has 0 fully saturated rings. The van der Waals surface area contributed by atoms with Gasteiger partial charge in [0.15, 0.2) is 0 Å². The summed E-state index contributed by atoms with van der Waals surface area (Å²) >= 11 is 0. The number of aromatic hydroxyl groups is 1. The fraction of sp³-hybridized carbons (Fsp3) is 0.560. The molecule has 0 aliphatic heterocycles. The normalized spacial score (nSPS) is 12.9. The van der Waals surface area contributed by atoms with Gasteiger partial charge in [-0.15, -0.1) is 6.58 Å². The molecule has 0 radical (unpaired) electrons. The molecule has 0 heterocycles. The molecule has 0 bridgehead atoms. The summed E-state index contributed by atoms with van der Waals surface area (Å²) in [6, 6.07) is 2.37. The summed E-state index contributed by atoms with van der Waals surface area (Å²) in [5.74, 6) is -1.32. The summed E-state index contributed by atoms with van der Waals surface area (Å²) < 4.78 is 5.19. The van der Waals surface area contributed by atoms with Gasteiger partial charge in [-0.05, 0) is 39.7 Å². The molecule has 1 rings (SSSR count). The van der Waals surface area contributed by atoms with Gasteiger partial charge in [0.2, 0.25) is 11.8 Å². The number of unbranched alkanes of at least 4 members (excludes halogenated alkanes) is 2. The van der Waals surface area contributed by atoms with Gasteiger partial charge >= 0.3 is 6.09 Å². The molecule has 1 aromatic rings. The smallest absolute Gasteiger partial charge is 0.408 e. The molecule has 9 heteroatoms. The van der Waals surface area contributed by atoms with Crippen LogP contribution in [0.15, 0.2) is 30.9 Å². The molecule has 190 valence electrons. The number of hydrogen-bond donors (Lipinski definition) is 4. The van der Waals surface area contributed by atoms with Crippen LogP contribution < -0.4 is 10.6 Å². The Morgan fingerprint density at radius 3 is 2.47 bits per heavy atom. The van der Waals surface area contributed by atoms with Crippen molar-refractivity contribution in [2.75, 3.05) is 19.7 Å². The first-order valence-electron chi connectivity index (χ1n) is 11.5. The predicted octanol–water partition coefficient (Wildman–Crippen LogP) is 2.95. The molecule has 2 unspecified atom stereocenters. The van der Waals surface area contributed by atoms with Gasteiger partial charge in [-0.2, -0.15) is 0 Å². The highest BCUT2D eigenvalue weighted by Gasteiger charge is 2.36. The second-order valence-corrected chi connectivity index (χ2v) is 9.07. The largest absolute Gasteiger partial charge is 0.507 e. The van der Waals surface area contributed by atoms with Gasteiger partial charge in [0.1, 0.15) is 23.4 Å². The average molecular weight is 478 g/mol. The Labute approximate surface area is 202 Å². The van der Waals surface area contributed by atoms with E-state index in [1.807, 2.05) is 6.92 Å². The van der Waals surface area contributed by atoms with Crippen LogP contribution in [0.3, 0.4) is 0 Å². The number of rotatable bonds is 12. The number of alkyl carbamates (subject to hydrolysis) is 1. The Bertz CT molecular complexity index is 850. The number of carbonyl (C=O) groups excluding carboxylic acids is 3. The van der Waals surface area contributed by atoms with E-state index in [0.717, 1.165) is 19.3 Å². The second-order valence-electron chi connectivity index (χ2n) is 9.07. The van der Waals surface area contributed by atoms with Gasteiger partial charge in [-0.3, -0.25) is 9.59 Å². The zero-order valence-corrected chi connectivity index (χ0v) is 20.9. The SMILES string of the molecule is C=CCN(C(=O)C(CO)NC(=O)OC(C)(C)C)C(C(=O)NCCCCC)c1cccc(C)c1O. The number of para-hydroxylation sites is 1. The molecule has 0 saturated carbocycles. The standard InChI is InChI=1S/C25H39N3O6/c1-7-9-10-14-26-22(31)20(18-13-11-12-17(3)21(18)30)28(15-8-2)23(32)19(16-29)27-24(33)34-25(4,5)6/h8,11-13,19-20,29-30H,2,7,9-10,14-16H2,1,3-6H3,(H,26,31)(H,27,33). The Kier molecular flexibility index (Phi) is 11.6. The van der Waals surface area contributed by atoms with E-state index >= 15 is 0 Å². The van der Waals surface area contributed by atoms with Crippen molar-refractivity contribution in [2.24, 2.45) is 0 Å². The second kappa shape index (κ2) is 13.6. The van der Waals surface area contributed by atoms with Crippen molar-refractivity contribution in [3.05, 3.63) is 42.0 Å². The quantitative estimate of drug-likeness (QED) is 0.271. The fourth-order valence-corrected chi connectivity index (χ4v) is 3.33. The van der Waals surface area contributed by atoms with E-state index in [1.54, 1.807) is 45.9 Å². The number of carbonyl (C=O) groups is 3. The van der Waals surface area contributed by atoms with Crippen molar-refractivity contribution in [2.45, 2.75) is 71.6 Å². The van der Waals surface area contributed by atoms with Crippen molar-refractivity contribution in [3.63, 3.8) is 0 Å². The van der Waals surface area contributed by atoms with E-state index in [9.17, 15) is 24.6 Å². The molecule has 0 aromatic heterocycles. The molecule has 1 aromatic carbocycles. The van der Waals surface area contributed by atoms with Crippen LogP contribution in [0.5, 0.6) is 5.75 Å². The van der Waals surface area contributed by atoms with Gasteiger partial charge < -0.3 is 30.5 Å². The van der Waals surface area contributed by atoms with E-state index in [-0.39, 0.29) is 17.9 Å². The number of phenolic OH excluding ortho intramolecular Hbond substituents is 1. The number of aliphatic hydroxyl groups excluding tert-OH is 1. The minimum atomic E-state index is -1.36. The molecule has 0 aliphatic rings. The number of nitrogens with one attached hydrogen (secondary N) is 2. The first-order chi connectivity index (χ1) is 16.0. The highest BCUT2D eigenvalue weighted by molar-refractivity contribution is 5.92. The first kappa shape index (κ1) is 29.0. The maximum atomic E-state index is 13.4. The molecule has 3 amide bonds. The van der Waals surface area contributed by atoms with Crippen LogP contribution >= 0.6 is 0 Å². The third-order valence-electron chi connectivity index (χ3n) is 4.98. The molecule has 2 atom stereocenters. The van der Waals surface area contributed by atoms with Crippen LogP contribution in [0.4, 0.5) is 4.79 Å². The van der Waals surface area contributed by atoms with Crippen LogP contribution in [0.25, 0.3) is 0 Å². The number of amides is 3. The number of aliphatic hydroxyl groups is 1. The number of aryl methyl sites for hydroxylation is 1. The van der Waals surface area contributed by atoms with Crippen molar-refractivity contribution < 1.29 is 29.3 Å². The average Bonchev–Trinajstić information content (AvgIpc) is 2.75. The first-order valence-corrected chi connectivity index (χ1v) is 11.5. The van der Waals surface area contributed by atoms with Crippen LogP contribution in [-0.2, 0) is 14.3 Å². The summed E-state index contributed by atoms with van der Waals surface area (Å²) in [4.78, 5) is 40.1. The van der Waals surface area contributed by atoms with Gasteiger partial charge in [-0.1, -0.05) is 44.0 Å². The van der Waals surface area contributed by atoms with Crippen LogP contribution in [0.2, 0.25) is 0 Å². The molecular weight excluding hydrogens is 438 g/mol. The van der Waals surface area contributed by atoms with E-state index in [4.69, 9.17) is 4.74 Å². The number of nitrogens with zero attached hydrogens (tertiary/aromatic N) is 1. The van der Waals surface area contributed by atoms with E-state index in [0.29, 0.717) is 12.1 Å². The van der Waals surface area contributed by atoms with Crippen LogP contribution in [0.1, 0.15) is 64.1 Å². The lowest BCUT2D eigenvalue weighted by Crippen LogP contribution is -2.54. The number of ether oxygens (including phenoxy) is 1. The van der Waals surface area contributed by atoms with Gasteiger partial charge in [-0.25, -0.2) is 4.79 Å². The summed E-state index contributed by atoms with van der Waals surface area (Å²) in [6.07, 6.45) is 3.24. The maximum Gasteiger partial charge on any atom is 0.408 e. The van der Waals surface area contributed by atoms with E-state index in [2.05, 4.69) is 17.2 Å². The monoisotopic (exact) mass is 477 g/mol. The summed E-state index contributed by atoms with van der Waals surface area (Å²) in [7, 11) is 0. The third kappa shape index (κ3) is 8.70. The molecule has 34 heavy (non-hydrogen) atoms. The van der Waals surface area contributed by atoms with E-state index in [1.165, 1.54) is 11.0 Å². The summed E-state index contributed by atoms with van der Waals surface area (Å²) in [5.41, 5.74) is -0.0302.